The zero-order chi connectivity index (χ0) is 12.1. The third kappa shape index (κ3) is 2.96. The summed E-state index contributed by atoms with van der Waals surface area (Å²) in [5.74, 6) is 0.624. The lowest BCUT2D eigenvalue weighted by Gasteiger charge is -2.05. The molecular weight excluding hydrogens is 256 g/mol. The van der Waals surface area contributed by atoms with Crippen LogP contribution < -0.4 is 5.56 Å². The number of hydrogen-bond donors (Lipinski definition) is 0. The molecule has 0 radical (unpaired) electrons. The molecule has 0 amide bonds. The predicted octanol–water partition coefficient (Wildman–Crippen LogP) is 2.99. The summed E-state index contributed by atoms with van der Waals surface area (Å²) in [6, 6.07) is 3.72. The van der Waals surface area contributed by atoms with Gasteiger partial charge >= 0.3 is 0 Å². The molecule has 0 aromatic carbocycles. The highest BCUT2D eigenvalue weighted by Crippen LogP contribution is 2.17. The van der Waals surface area contributed by atoms with E-state index in [9.17, 15) is 4.79 Å². The van der Waals surface area contributed by atoms with E-state index in [0.717, 1.165) is 18.4 Å². The molecule has 2 aromatic rings. The van der Waals surface area contributed by atoms with E-state index in [1.54, 1.807) is 23.6 Å². The second-order valence-electron chi connectivity index (χ2n) is 3.68. The van der Waals surface area contributed by atoms with Crippen molar-refractivity contribution in [2.75, 3.05) is 5.88 Å². The molecule has 2 aromatic heterocycles. The topological polar surface area (TPSA) is 34.9 Å². The fourth-order valence-corrected chi connectivity index (χ4v) is 2.45. The molecule has 0 fully saturated rings. The van der Waals surface area contributed by atoms with Gasteiger partial charge in [0.2, 0.25) is 0 Å². The molecular formula is C12H13ClN2OS. The zero-order valence-corrected chi connectivity index (χ0v) is 10.9. The number of alkyl halides is 1. The van der Waals surface area contributed by atoms with Crippen LogP contribution in [0.4, 0.5) is 0 Å². The highest BCUT2D eigenvalue weighted by Gasteiger charge is 2.06. The number of thiophene rings is 1. The third-order valence-electron chi connectivity index (χ3n) is 2.50. The van der Waals surface area contributed by atoms with Crippen molar-refractivity contribution in [2.45, 2.75) is 19.4 Å². The molecule has 0 unspecified atom stereocenters. The Bertz CT molecular complexity index is 522. The van der Waals surface area contributed by atoms with Gasteiger partial charge in [-0.05, 0) is 41.3 Å². The average molecular weight is 269 g/mol. The number of hydrogen-bond acceptors (Lipinski definition) is 3. The molecule has 2 heterocycles. The molecule has 3 nitrogen and oxygen atoms in total. The first kappa shape index (κ1) is 12.3. The van der Waals surface area contributed by atoms with Gasteiger partial charge in [0.25, 0.3) is 5.56 Å². The van der Waals surface area contributed by atoms with Crippen molar-refractivity contribution in [2.24, 2.45) is 0 Å². The molecule has 17 heavy (non-hydrogen) atoms. The van der Waals surface area contributed by atoms with E-state index in [0.29, 0.717) is 18.0 Å². The molecule has 2 rings (SSSR count). The van der Waals surface area contributed by atoms with Crippen LogP contribution in [0.2, 0.25) is 0 Å². The van der Waals surface area contributed by atoms with E-state index in [4.69, 9.17) is 11.6 Å². The standard InChI is InChI=1S/C12H13ClN2OS/c13-5-1-2-7-15-12(16)11(3-6-14-15)10-4-8-17-9-10/h3-4,6,8-9H,1-2,5,7H2. The fraction of sp³-hybridized carbons (Fsp3) is 0.333. The van der Waals surface area contributed by atoms with Crippen LogP contribution in [-0.4, -0.2) is 15.7 Å². The van der Waals surface area contributed by atoms with Gasteiger partial charge in [-0.1, -0.05) is 0 Å². The predicted molar refractivity (Wildman–Crippen MR) is 71.8 cm³/mol. The Morgan fingerprint density at radius 3 is 2.94 bits per heavy atom. The van der Waals surface area contributed by atoms with Gasteiger partial charge in [-0.15, -0.1) is 11.6 Å². The maximum absolute atomic E-state index is 12.1. The van der Waals surface area contributed by atoms with Gasteiger partial charge in [-0.25, -0.2) is 4.68 Å². The Labute approximate surface area is 109 Å². The Kier molecular flexibility index (Phi) is 4.34. The first-order valence-electron chi connectivity index (χ1n) is 5.47. The minimum Gasteiger partial charge on any atom is -0.267 e. The van der Waals surface area contributed by atoms with Gasteiger partial charge in [0.05, 0.1) is 5.56 Å². The summed E-state index contributed by atoms with van der Waals surface area (Å²) in [6.45, 7) is 0.629. The molecule has 0 atom stereocenters. The lowest BCUT2D eigenvalue weighted by atomic mass is 10.2. The van der Waals surface area contributed by atoms with Crippen molar-refractivity contribution < 1.29 is 0 Å². The summed E-state index contributed by atoms with van der Waals surface area (Å²) < 4.78 is 1.51. The van der Waals surface area contributed by atoms with Crippen molar-refractivity contribution in [3.05, 3.63) is 39.4 Å². The van der Waals surface area contributed by atoms with E-state index in [-0.39, 0.29) is 5.56 Å². The number of rotatable bonds is 5. The van der Waals surface area contributed by atoms with Gasteiger partial charge in [0, 0.05) is 18.6 Å². The largest absolute Gasteiger partial charge is 0.274 e. The zero-order valence-electron chi connectivity index (χ0n) is 9.30. The van der Waals surface area contributed by atoms with E-state index < -0.39 is 0 Å². The molecule has 90 valence electrons. The number of unbranched alkanes of at least 4 members (excludes halogenated alkanes) is 1. The number of nitrogens with zero attached hydrogens (tertiary/aromatic N) is 2. The molecule has 0 aliphatic carbocycles. The molecule has 0 saturated heterocycles. The van der Waals surface area contributed by atoms with Crippen molar-refractivity contribution in [1.29, 1.82) is 0 Å². The van der Waals surface area contributed by atoms with Crippen LogP contribution in [0.25, 0.3) is 11.1 Å². The second-order valence-corrected chi connectivity index (χ2v) is 4.84. The minimum absolute atomic E-state index is 0.0273. The first-order chi connectivity index (χ1) is 8.33. The van der Waals surface area contributed by atoms with Crippen LogP contribution in [-0.2, 0) is 6.54 Å². The molecule has 0 aliphatic heterocycles. The van der Waals surface area contributed by atoms with Crippen molar-refractivity contribution >= 4 is 22.9 Å². The lowest BCUT2D eigenvalue weighted by molar-refractivity contribution is 0.545. The Hall–Kier alpha value is -1.13. The van der Waals surface area contributed by atoms with Crippen molar-refractivity contribution in [3.63, 3.8) is 0 Å². The average Bonchev–Trinajstić information content (AvgIpc) is 2.85. The third-order valence-corrected chi connectivity index (χ3v) is 3.45. The van der Waals surface area contributed by atoms with Crippen LogP contribution in [0.15, 0.2) is 33.9 Å². The Balaban J connectivity index is 2.25. The summed E-state index contributed by atoms with van der Waals surface area (Å²) in [7, 11) is 0. The monoisotopic (exact) mass is 268 g/mol. The molecule has 0 aliphatic rings. The summed E-state index contributed by atoms with van der Waals surface area (Å²) in [5.41, 5.74) is 1.65. The van der Waals surface area contributed by atoms with Crippen molar-refractivity contribution in [3.8, 4) is 11.1 Å². The lowest BCUT2D eigenvalue weighted by Crippen LogP contribution is -2.23. The maximum atomic E-state index is 12.1. The van der Waals surface area contributed by atoms with Crippen molar-refractivity contribution in [1.82, 2.24) is 9.78 Å². The highest BCUT2D eigenvalue weighted by atomic mass is 35.5. The SMILES string of the molecule is O=c1c(-c2ccsc2)ccnn1CCCCCl. The fourth-order valence-electron chi connectivity index (χ4n) is 1.60. The van der Waals surface area contributed by atoms with Gasteiger partial charge < -0.3 is 0 Å². The first-order valence-corrected chi connectivity index (χ1v) is 6.95. The molecule has 0 bridgehead atoms. The maximum Gasteiger partial charge on any atom is 0.274 e. The number of aromatic nitrogens is 2. The number of halogens is 1. The van der Waals surface area contributed by atoms with Crippen LogP contribution in [0, 0.1) is 0 Å². The quantitative estimate of drug-likeness (QED) is 0.617. The molecule has 0 spiro atoms. The smallest absolute Gasteiger partial charge is 0.267 e. The molecule has 5 heteroatoms. The normalized spacial score (nSPS) is 10.6. The van der Waals surface area contributed by atoms with E-state index in [1.807, 2.05) is 16.8 Å². The summed E-state index contributed by atoms with van der Waals surface area (Å²) in [6.07, 6.45) is 3.46. The minimum atomic E-state index is -0.0273. The molecule has 0 saturated carbocycles. The van der Waals surface area contributed by atoms with Crippen LogP contribution in [0.5, 0.6) is 0 Å². The van der Waals surface area contributed by atoms with Gasteiger partial charge in [0.1, 0.15) is 0 Å². The van der Waals surface area contributed by atoms with Gasteiger partial charge in [-0.2, -0.15) is 16.4 Å². The number of aryl methyl sites for hydroxylation is 1. The Morgan fingerprint density at radius 2 is 2.24 bits per heavy atom. The molecule has 0 N–H and O–H groups in total. The van der Waals surface area contributed by atoms with Gasteiger partial charge in [0.15, 0.2) is 0 Å². The van der Waals surface area contributed by atoms with E-state index in [2.05, 4.69) is 5.10 Å². The van der Waals surface area contributed by atoms with E-state index in [1.165, 1.54) is 4.68 Å². The van der Waals surface area contributed by atoms with Gasteiger partial charge in [-0.3, -0.25) is 4.79 Å². The van der Waals surface area contributed by atoms with Crippen LogP contribution in [0.3, 0.4) is 0 Å². The van der Waals surface area contributed by atoms with E-state index >= 15 is 0 Å². The van der Waals surface area contributed by atoms with Crippen LogP contribution in [0.1, 0.15) is 12.8 Å². The summed E-state index contributed by atoms with van der Waals surface area (Å²) in [4.78, 5) is 12.1. The second kappa shape index (κ2) is 5.98. The summed E-state index contributed by atoms with van der Waals surface area (Å²) >= 11 is 7.20. The summed E-state index contributed by atoms with van der Waals surface area (Å²) in [5, 5.41) is 8.02. The van der Waals surface area contributed by atoms with Crippen LogP contribution >= 0.6 is 22.9 Å². The Morgan fingerprint density at radius 1 is 1.35 bits per heavy atom. The highest BCUT2D eigenvalue weighted by molar-refractivity contribution is 7.08.